The molecule has 1 aliphatic rings. The molecule has 0 radical (unpaired) electrons. The number of ketones is 1. The van der Waals surface area contributed by atoms with Gasteiger partial charge in [-0.05, 0) is 43.0 Å². The number of methoxy groups -OCH3 is 2. The van der Waals surface area contributed by atoms with Crippen LogP contribution >= 0.6 is 0 Å². The number of hydrogen-bond donors (Lipinski definition) is 0. The number of carbonyl (C=O) groups is 1. The molecule has 3 nitrogen and oxygen atoms in total. The van der Waals surface area contributed by atoms with Crippen LogP contribution in [-0.4, -0.2) is 20.0 Å². The van der Waals surface area contributed by atoms with Gasteiger partial charge in [-0.3, -0.25) is 4.79 Å². The Bertz CT molecular complexity index is 688. The fourth-order valence-corrected chi connectivity index (χ4v) is 2.87. The molecular weight excluding hydrogens is 276 g/mol. The summed E-state index contributed by atoms with van der Waals surface area (Å²) in [6, 6.07) is 13.8. The lowest BCUT2D eigenvalue weighted by atomic mass is 10.0. The van der Waals surface area contributed by atoms with Crippen LogP contribution in [0.15, 0.2) is 42.5 Å². The van der Waals surface area contributed by atoms with Crippen LogP contribution < -0.4 is 9.47 Å². The number of benzene rings is 2. The van der Waals surface area contributed by atoms with Gasteiger partial charge in [0.2, 0.25) is 0 Å². The molecule has 22 heavy (non-hydrogen) atoms. The Labute approximate surface area is 130 Å². The first-order chi connectivity index (χ1) is 10.6. The van der Waals surface area contributed by atoms with Gasteiger partial charge in [-0.15, -0.1) is 0 Å². The average Bonchev–Trinajstić information content (AvgIpc) is 3.34. The lowest BCUT2D eigenvalue weighted by Crippen LogP contribution is -2.04. The van der Waals surface area contributed by atoms with Gasteiger partial charge in [-0.2, -0.15) is 0 Å². The van der Waals surface area contributed by atoms with E-state index in [2.05, 4.69) is 31.2 Å². The van der Waals surface area contributed by atoms with Gasteiger partial charge in [0.05, 0.1) is 14.2 Å². The van der Waals surface area contributed by atoms with Crippen molar-refractivity contribution in [1.82, 2.24) is 0 Å². The third-order valence-electron chi connectivity index (χ3n) is 4.30. The minimum absolute atomic E-state index is 0.0841. The molecule has 2 aromatic carbocycles. The highest BCUT2D eigenvalue weighted by Gasteiger charge is 2.44. The fourth-order valence-electron chi connectivity index (χ4n) is 2.87. The normalized spacial score (nSPS) is 19.6. The van der Waals surface area contributed by atoms with Crippen LogP contribution in [0.25, 0.3) is 0 Å². The molecule has 0 heterocycles. The van der Waals surface area contributed by atoms with E-state index in [0.29, 0.717) is 23.0 Å². The Morgan fingerprint density at radius 3 is 2.32 bits per heavy atom. The van der Waals surface area contributed by atoms with Crippen LogP contribution in [0.4, 0.5) is 0 Å². The van der Waals surface area contributed by atoms with Crippen molar-refractivity contribution in [2.45, 2.75) is 19.3 Å². The maximum atomic E-state index is 12.6. The van der Waals surface area contributed by atoms with Gasteiger partial charge in [0, 0.05) is 11.5 Å². The van der Waals surface area contributed by atoms with E-state index in [-0.39, 0.29) is 11.7 Å². The number of Topliss-reactive ketones (excluding diaryl/α,β-unsaturated/α-hetero) is 1. The molecule has 0 spiro atoms. The topological polar surface area (TPSA) is 35.5 Å². The summed E-state index contributed by atoms with van der Waals surface area (Å²) in [6.45, 7) is 2.07. The smallest absolute Gasteiger partial charge is 0.166 e. The molecule has 0 aliphatic heterocycles. The lowest BCUT2D eigenvalue weighted by molar-refractivity contribution is 0.0965. The molecule has 2 aromatic rings. The summed E-state index contributed by atoms with van der Waals surface area (Å²) in [5, 5.41) is 0. The molecular formula is C19H20O3. The molecule has 114 valence electrons. The molecule has 0 saturated heterocycles. The zero-order chi connectivity index (χ0) is 15.7. The standard InChI is InChI=1S/C19H20O3/c1-12-4-6-13(7-5-12)15-11-16(15)19(20)14-8-9-17(21-2)18(10-14)22-3/h4-10,15-16H,11H2,1-3H3. The molecule has 0 N–H and O–H groups in total. The van der Waals surface area contributed by atoms with Gasteiger partial charge in [-0.1, -0.05) is 29.8 Å². The van der Waals surface area contributed by atoms with Crippen molar-refractivity contribution in [2.24, 2.45) is 5.92 Å². The summed E-state index contributed by atoms with van der Waals surface area (Å²) in [5.41, 5.74) is 3.19. The summed E-state index contributed by atoms with van der Waals surface area (Å²) in [7, 11) is 3.17. The van der Waals surface area contributed by atoms with E-state index in [1.54, 1.807) is 26.4 Å². The van der Waals surface area contributed by atoms with Crippen molar-refractivity contribution < 1.29 is 14.3 Å². The maximum absolute atomic E-state index is 12.6. The van der Waals surface area contributed by atoms with E-state index in [4.69, 9.17) is 9.47 Å². The van der Waals surface area contributed by atoms with Crippen LogP contribution in [-0.2, 0) is 0 Å². The Hall–Kier alpha value is -2.29. The SMILES string of the molecule is COc1ccc(C(=O)C2CC2c2ccc(C)cc2)cc1OC. The van der Waals surface area contributed by atoms with Gasteiger partial charge >= 0.3 is 0 Å². The van der Waals surface area contributed by atoms with Gasteiger partial charge in [0.25, 0.3) is 0 Å². The van der Waals surface area contributed by atoms with Crippen molar-refractivity contribution in [3.63, 3.8) is 0 Å². The summed E-state index contributed by atoms with van der Waals surface area (Å²) in [6.07, 6.45) is 0.927. The number of hydrogen-bond acceptors (Lipinski definition) is 3. The highest BCUT2D eigenvalue weighted by molar-refractivity contribution is 6.00. The van der Waals surface area contributed by atoms with Crippen molar-refractivity contribution in [1.29, 1.82) is 0 Å². The van der Waals surface area contributed by atoms with E-state index < -0.39 is 0 Å². The first-order valence-corrected chi connectivity index (χ1v) is 7.47. The molecule has 1 fully saturated rings. The van der Waals surface area contributed by atoms with Crippen molar-refractivity contribution in [3.05, 3.63) is 59.2 Å². The van der Waals surface area contributed by atoms with Crippen molar-refractivity contribution in [3.8, 4) is 11.5 Å². The predicted molar refractivity (Wildman–Crippen MR) is 85.9 cm³/mol. The highest BCUT2D eigenvalue weighted by atomic mass is 16.5. The zero-order valence-electron chi connectivity index (χ0n) is 13.1. The summed E-state index contributed by atoms with van der Waals surface area (Å²) in [5.74, 6) is 1.86. The molecule has 1 saturated carbocycles. The average molecular weight is 296 g/mol. The third kappa shape index (κ3) is 2.71. The number of aryl methyl sites for hydroxylation is 1. The zero-order valence-corrected chi connectivity index (χ0v) is 13.1. The molecule has 2 atom stereocenters. The minimum Gasteiger partial charge on any atom is -0.493 e. The Kier molecular flexibility index (Phi) is 3.88. The molecule has 1 aliphatic carbocycles. The number of carbonyl (C=O) groups excluding carboxylic acids is 1. The lowest BCUT2D eigenvalue weighted by Gasteiger charge is -2.09. The van der Waals surface area contributed by atoms with E-state index in [1.165, 1.54) is 11.1 Å². The molecule has 0 bridgehead atoms. The molecule has 2 unspecified atom stereocenters. The van der Waals surface area contributed by atoms with E-state index in [1.807, 2.05) is 6.07 Å². The second-order valence-corrected chi connectivity index (χ2v) is 5.79. The monoisotopic (exact) mass is 296 g/mol. The molecule has 3 rings (SSSR count). The Morgan fingerprint density at radius 2 is 1.68 bits per heavy atom. The Morgan fingerprint density at radius 1 is 1.00 bits per heavy atom. The quantitative estimate of drug-likeness (QED) is 0.782. The third-order valence-corrected chi connectivity index (χ3v) is 4.30. The molecule has 3 heteroatoms. The Balaban J connectivity index is 1.77. The second-order valence-electron chi connectivity index (χ2n) is 5.79. The first kappa shape index (κ1) is 14.6. The van der Waals surface area contributed by atoms with Gasteiger partial charge < -0.3 is 9.47 Å². The molecule has 0 amide bonds. The van der Waals surface area contributed by atoms with Crippen LogP contribution in [0.3, 0.4) is 0 Å². The summed E-state index contributed by atoms with van der Waals surface area (Å²) < 4.78 is 10.5. The van der Waals surface area contributed by atoms with Gasteiger partial charge in [0.1, 0.15) is 0 Å². The highest BCUT2D eigenvalue weighted by Crippen LogP contribution is 2.49. The second kappa shape index (κ2) is 5.84. The van der Waals surface area contributed by atoms with Crippen molar-refractivity contribution in [2.75, 3.05) is 14.2 Å². The van der Waals surface area contributed by atoms with Crippen molar-refractivity contribution >= 4 is 5.78 Å². The van der Waals surface area contributed by atoms with E-state index in [0.717, 1.165) is 6.42 Å². The largest absolute Gasteiger partial charge is 0.493 e. The predicted octanol–water partition coefficient (Wildman–Crippen LogP) is 4.00. The number of rotatable bonds is 5. The maximum Gasteiger partial charge on any atom is 0.166 e. The molecule has 0 aromatic heterocycles. The van der Waals surface area contributed by atoms with Gasteiger partial charge in [0.15, 0.2) is 17.3 Å². The van der Waals surface area contributed by atoms with Crippen LogP contribution in [0.1, 0.15) is 33.8 Å². The fraction of sp³-hybridized carbons (Fsp3) is 0.316. The van der Waals surface area contributed by atoms with Crippen LogP contribution in [0, 0.1) is 12.8 Å². The number of ether oxygens (including phenoxy) is 2. The summed E-state index contributed by atoms with van der Waals surface area (Å²) in [4.78, 5) is 12.6. The van der Waals surface area contributed by atoms with Crippen LogP contribution in [0.2, 0.25) is 0 Å². The van der Waals surface area contributed by atoms with Crippen LogP contribution in [0.5, 0.6) is 11.5 Å². The van der Waals surface area contributed by atoms with E-state index >= 15 is 0 Å². The first-order valence-electron chi connectivity index (χ1n) is 7.47. The van der Waals surface area contributed by atoms with E-state index in [9.17, 15) is 4.79 Å². The summed E-state index contributed by atoms with van der Waals surface area (Å²) >= 11 is 0. The minimum atomic E-state index is 0.0841. The van der Waals surface area contributed by atoms with Gasteiger partial charge in [-0.25, -0.2) is 0 Å².